The molecule has 0 fully saturated rings. The van der Waals surface area contributed by atoms with Gasteiger partial charge in [-0.05, 0) is 24.6 Å². The SMILES string of the molecule is C=CCN(CCN)S(=O)(=O)c1cccc(C)c1. The summed E-state index contributed by atoms with van der Waals surface area (Å²) in [5.74, 6) is 0. The maximum Gasteiger partial charge on any atom is 0.243 e. The number of aryl methyl sites for hydroxylation is 1. The van der Waals surface area contributed by atoms with E-state index in [2.05, 4.69) is 6.58 Å². The lowest BCUT2D eigenvalue weighted by molar-refractivity contribution is 0.450. The Morgan fingerprint density at radius 1 is 1.47 bits per heavy atom. The first-order valence-electron chi connectivity index (χ1n) is 5.40. The Morgan fingerprint density at radius 2 is 2.18 bits per heavy atom. The van der Waals surface area contributed by atoms with Crippen LogP contribution in [0.25, 0.3) is 0 Å². The fourth-order valence-corrected chi connectivity index (χ4v) is 3.05. The van der Waals surface area contributed by atoms with Crippen molar-refractivity contribution in [3.05, 3.63) is 42.5 Å². The summed E-state index contributed by atoms with van der Waals surface area (Å²) >= 11 is 0. The molecule has 0 bridgehead atoms. The predicted molar refractivity (Wildman–Crippen MR) is 69.2 cm³/mol. The summed E-state index contributed by atoms with van der Waals surface area (Å²) in [7, 11) is -3.47. The number of hydrogen-bond donors (Lipinski definition) is 1. The number of benzene rings is 1. The molecule has 0 heterocycles. The Hall–Kier alpha value is -1.17. The first kappa shape index (κ1) is 13.9. The second kappa shape index (κ2) is 5.95. The highest BCUT2D eigenvalue weighted by atomic mass is 32.2. The van der Waals surface area contributed by atoms with Crippen LogP contribution in [-0.2, 0) is 10.0 Å². The molecule has 1 aromatic carbocycles. The summed E-state index contributed by atoms with van der Waals surface area (Å²) < 4.78 is 25.9. The molecule has 0 spiro atoms. The van der Waals surface area contributed by atoms with Crippen molar-refractivity contribution in [2.45, 2.75) is 11.8 Å². The molecule has 0 amide bonds. The predicted octanol–water partition coefficient (Wildman–Crippen LogP) is 1.13. The second-order valence-corrected chi connectivity index (χ2v) is 5.69. The minimum absolute atomic E-state index is 0.271. The summed E-state index contributed by atoms with van der Waals surface area (Å²) in [4.78, 5) is 0.299. The monoisotopic (exact) mass is 254 g/mol. The minimum Gasteiger partial charge on any atom is -0.329 e. The van der Waals surface area contributed by atoms with E-state index >= 15 is 0 Å². The third-order valence-electron chi connectivity index (χ3n) is 2.34. The summed E-state index contributed by atoms with van der Waals surface area (Å²) in [6, 6.07) is 6.84. The molecule has 0 atom stereocenters. The molecule has 94 valence electrons. The number of rotatable bonds is 6. The van der Waals surface area contributed by atoms with Gasteiger partial charge in [0.05, 0.1) is 4.90 Å². The zero-order chi connectivity index (χ0) is 12.9. The Morgan fingerprint density at radius 3 is 2.71 bits per heavy atom. The lowest BCUT2D eigenvalue weighted by Gasteiger charge is -2.20. The van der Waals surface area contributed by atoms with Crippen LogP contribution in [0, 0.1) is 6.92 Å². The number of nitrogens with two attached hydrogens (primary N) is 1. The second-order valence-electron chi connectivity index (χ2n) is 3.76. The highest BCUT2D eigenvalue weighted by molar-refractivity contribution is 7.89. The summed E-state index contributed by atoms with van der Waals surface area (Å²) in [5.41, 5.74) is 6.34. The minimum atomic E-state index is -3.47. The lowest BCUT2D eigenvalue weighted by Crippen LogP contribution is -2.35. The molecule has 4 nitrogen and oxygen atoms in total. The van der Waals surface area contributed by atoms with Crippen LogP contribution in [0.15, 0.2) is 41.8 Å². The van der Waals surface area contributed by atoms with E-state index in [1.54, 1.807) is 24.3 Å². The van der Waals surface area contributed by atoms with Crippen molar-refractivity contribution in [2.24, 2.45) is 5.73 Å². The average Bonchev–Trinajstić information content (AvgIpc) is 2.29. The molecule has 0 unspecified atom stereocenters. The van der Waals surface area contributed by atoms with Gasteiger partial charge in [0.25, 0.3) is 0 Å². The standard InChI is InChI=1S/C12H18N2O2S/c1-3-8-14(9-7-13)17(15,16)12-6-4-5-11(2)10-12/h3-6,10H,1,7-9,13H2,2H3. The largest absolute Gasteiger partial charge is 0.329 e. The molecule has 0 saturated carbocycles. The van der Waals surface area contributed by atoms with Gasteiger partial charge in [-0.1, -0.05) is 18.2 Å². The molecule has 0 aliphatic carbocycles. The van der Waals surface area contributed by atoms with Crippen LogP contribution in [0.4, 0.5) is 0 Å². The molecule has 0 aliphatic rings. The first-order chi connectivity index (χ1) is 8.02. The molecule has 0 aromatic heterocycles. The summed E-state index contributed by atoms with van der Waals surface area (Å²) in [5, 5.41) is 0. The van der Waals surface area contributed by atoms with E-state index in [1.165, 1.54) is 4.31 Å². The molecule has 2 N–H and O–H groups in total. The van der Waals surface area contributed by atoms with Crippen LogP contribution < -0.4 is 5.73 Å². The summed E-state index contributed by atoms with van der Waals surface area (Å²) in [6.45, 7) is 6.28. The van der Waals surface area contributed by atoms with Crippen molar-refractivity contribution < 1.29 is 8.42 Å². The Balaban J connectivity index is 3.11. The van der Waals surface area contributed by atoms with E-state index < -0.39 is 10.0 Å². The van der Waals surface area contributed by atoms with E-state index in [0.29, 0.717) is 18.0 Å². The van der Waals surface area contributed by atoms with Crippen LogP contribution in [0.3, 0.4) is 0 Å². The molecule has 1 aromatic rings. The van der Waals surface area contributed by atoms with Crippen molar-refractivity contribution in [2.75, 3.05) is 19.6 Å². The highest BCUT2D eigenvalue weighted by Crippen LogP contribution is 2.16. The van der Waals surface area contributed by atoms with Gasteiger partial charge < -0.3 is 5.73 Å². The lowest BCUT2D eigenvalue weighted by atomic mass is 10.2. The third kappa shape index (κ3) is 3.39. The van der Waals surface area contributed by atoms with Crippen LogP contribution >= 0.6 is 0 Å². The first-order valence-corrected chi connectivity index (χ1v) is 6.84. The Bertz CT molecular complexity index is 483. The number of sulfonamides is 1. The van der Waals surface area contributed by atoms with Gasteiger partial charge in [-0.15, -0.1) is 6.58 Å². The van der Waals surface area contributed by atoms with E-state index in [-0.39, 0.29) is 6.54 Å². The van der Waals surface area contributed by atoms with Gasteiger partial charge in [0.2, 0.25) is 10.0 Å². The van der Waals surface area contributed by atoms with Crippen LogP contribution in [0.1, 0.15) is 5.56 Å². The van der Waals surface area contributed by atoms with Crippen LogP contribution in [0.5, 0.6) is 0 Å². The van der Waals surface area contributed by atoms with Crippen LogP contribution in [0.2, 0.25) is 0 Å². The van der Waals surface area contributed by atoms with E-state index in [4.69, 9.17) is 5.73 Å². The van der Waals surface area contributed by atoms with Crippen LogP contribution in [-0.4, -0.2) is 32.4 Å². The van der Waals surface area contributed by atoms with Gasteiger partial charge >= 0.3 is 0 Å². The van der Waals surface area contributed by atoms with Gasteiger partial charge in [-0.3, -0.25) is 0 Å². The van der Waals surface area contributed by atoms with Gasteiger partial charge in [0.15, 0.2) is 0 Å². The van der Waals surface area contributed by atoms with E-state index in [1.807, 2.05) is 13.0 Å². The zero-order valence-electron chi connectivity index (χ0n) is 9.96. The highest BCUT2D eigenvalue weighted by Gasteiger charge is 2.22. The van der Waals surface area contributed by atoms with E-state index in [0.717, 1.165) is 5.56 Å². The molecule has 0 radical (unpaired) electrons. The molecular formula is C12H18N2O2S. The smallest absolute Gasteiger partial charge is 0.243 e. The van der Waals surface area contributed by atoms with Gasteiger partial charge in [-0.25, -0.2) is 8.42 Å². The zero-order valence-corrected chi connectivity index (χ0v) is 10.8. The third-order valence-corrected chi connectivity index (χ3v) is 4.20. The normalized spacial score (nSPS) is 11.7. The van der Waals surface area contributed by atoms with Crippen molar-refractivity contribution in [3.63, 3.8) is 0 Å². The van der Waals surface area contributed by atoms with E-state index in [9.17, 15) is 8.42 Å². The molecular weight excluding hydrogens is 236 g/mol. The fraction of sp³-hybridized carbons (Fsp3) is 0.333. The van der Waals surface area contributed by atoms with Crippen molar-refractivity contribution in [3.8, 4) is 0 Å². The van der Waals surface area contributed by atoms with Crippen molar-refractivity contribution >= 4 is 10.0 Å². The maximum atomic E-state index is 12.3. The molecule has 0 aliphatic heterocycles. The van der Waals surface area contributed by atoms with Gasteiger partial charge in [0.1, 0.15) is 0 Å². The van der Waals surface area contributed by atoms with Gasteiger partial charge in [-0.2, -0.15) is 4.31 Å². The average molecular weight is 254 g/mol. The quantitative estimate of drug-likeness (QED) is 0.774. The Labute approximate surface area is 103 Å². The van der Waals surface area contributed by atoms with Gasteiger partial charge in [0, 0.05) is 19.6 Å². The number of hydrogen-bond acceptors (Lipinski definition) is 3. The number of nitrogens with zero attached hydrogens (tertiary/aromatic N) is 1. The molecule has 1 rings (SSSR count). The molecule has 0 saturated heterocycles. The Kier molecular flexibility index (Phi) is 4.86. The fourth-order valence-electron chi connectivity index (χ4n) is 1.52. The molecule has 5 heteroatoms. The maximum absolute atomic E-state index is 12.3. The van der Waals surface area contributed by atoms with Crippen molar-refractivity contribution in [1.82, 2.24) is 4.31 Å². The molecule has 17 heavy (non-hydrogen) atoms. The van der Waals surface area contributed by atoms with Crippen molar-refractivity contribution in [1.29, 1.82) is 0 Å². The topological polar surface area (TPSA) is 63.4 Å². The summed E-state index contributed by atoms with van der Waals surface area (Å²) in [6.07, 6.45) is 1.56.